The lowest BCUT2D eigenvalue weighted by Gasteiger charge is -2.26. The van der Waals surface area contributed by atoms with Gasteiger partial charge in [-0.2, -0.15) is 0 Å². The standard InChI is InChI=1S/C12H19N3O4/c1-4-9(3)15(7-11(16)17)12(18)13-6-10-5-8(2)14-19-10/h5,9H,4,6-7H2,1-3H3,(H,13,18)(H,16,17). The summed E-state index contributed by atoms with van der Waals surface area (Å²) >= 11 is 0. The lowest BCUT2D eigenvalue weighted by atomic mass is 10.2. The molecule has 1 heterocycles. The summed E-state index contributed by atoms with van der Waals surface area (Å²) in [4.78, 5) is 24.0. The number of aromatic nitrogens is 1. The van der Waals surface area contributed by atoms with Gasteiger partial charge in [0.15, 0.2) is 5.76 Å². The van der Waals surface area contributed by atoms with Gasteiger partial charge in [0.2, 0.25) is 0 Å². The summed E-state index contributed by atoms with van der Waals surface area (Å²) < 4.78 is 4.96. The Morgan fingerprint density at radius 1 is 1.58 bits per heavy atom. The number of rotatable bonds is 6. The van der Waals surface area contributed by atoms with Crippen molar-refractivity contribution in [2.24, 2.45) is 0 Å². The van der Waals surface area contributed by atoms with E-state index in [1.165, 1.54) is 4.90 Å². The lowest BCUT2D eigenvalue weighted by molar-refractivity contribution is -0.138. The first-order valence-electron chi connectivity index (χ1n) is 6.12. The van der Waals surface area contributed by atoms with Crippen LogP contribution >= 0.6 is 0 Å². The molecule has 19 heavy (non-hydrogen) atoms. The average Bonchev–Trinajstić information content (AvgIpc) is 2.77. The number of aliphatic carboxylic acids is 1. The van der Waals surface area contributed by atoms with Gasteiger partial charge >= 0.3 is 12.0 Å². The predicted molar refractivity (Wildman–Crippen MR) is 67.6 cm³/mol. The Labute approximate surface area is 111 Å². The number of amides is 2. The molecule has 1 rings (SSSR count). The number of nitrogens with one attached hydrogen (secondary N) is 1. The van der Waals surface area contributed by atoms with E-state index in [1.54, 1.807) is 19.9 Å². The molecule has 0 aliphatic carbocycles. The third kappa shape index (κ3) is 4.61. The van der Waals surface area contributed by atoms with E-state index in [0.29, 0.717) is 12.2 Å². The Morgan fingerprint density at radius 3 is 2.74 bits per heavy atom. The minimum Gasteiger partial charge on any atom is -0.480 e. The first-order valence-corrected chi connectivity index (χ1v) is 6.12. The zero-order valence-electron chi connectivity index (χ0n) is 11.3. The van der Waals surface area contributed by atoms with Gasteiger partial charge in [-0.1, -0.05) is 12.1 Å². The Kier molecular flexibility index (Phi) is 5.35. The summed E-state index contributed by atoms with van der Waals surface area (Å²) in [6.45, 7) is 5.35. The zero-order valence-corrected chi connectivity index (χ0v) is 11.3. The van der Waals surface area contributed by atoms with Gasteiger partial charge in [0.05, 0.1) is 12.2 Å². The van der Waals surface area contributed by atoms with E-state index >= 15 is 0 Å². The van der Waals surface area contributed by atoms with Crippen molar-refractivity contribution in [2.75, 3.05) is 6.54 Å². The van der Waals surface area contributed by atoms with Gasteiger partial charge in [0.1, 0.15) is 6.54 Å². The van der Waals surface area contributed by atoms with E-state index in [-0.39, 0.29) is 19.1 Å². The quantitative estimate of drug-likeness (QED) is 0.813. The molecule has 0 saturated heterocycles. The largest absolute Gasteiger partial charge is 0.480 e. The fourth-order valence-corrected chi connectivity index (χ4v) is 1.56. The van der Waals surface area contributed by atoms with Crippen LogP contribution < -0.4 is 5.32 Å². The Balaban J connectivity index is 2.58. The van der Waals surface area contributed by atoms with Crippen LogP contribution in [-0.4, -0.2) is 39.8 Å². The number of carboxylic acids is 1. The SMILES string of the molecule is CCC(C)N(CC(=O)O)C(=O)NCc1cc(C)no1. The minimum absolute atomic E-state index is 0.146. The zero-order chi connectivity index (χ0) is 14.4. The summed E-state index contributed by atoms with van der Waals surface area (Å²) in [6.07, 6.45) is 0.683. The van der Waals surface area contributed by atoms with Crippen molar-refractivity contribution in [2.45, 2.75) is 39.8 Å². The normalized spacial score (nSPS) is 11.9. The number of carbonyl (C=O) groups is 2. The second-order valence-electron chi connectivity index (χ2n) is 4.37. The molecule has 7 nitrogen and oxygen atoms in total. The summed E-state index contributed by atoms with van der Waals surface area (Å²) in [5.41, 5.74) is 0.730. The molecule has 0 saturated carbocycles. The molecule has 0 spiro atoms. The number of urea groups is 1. The Hall–Kier alpha value is -2.05. The van der Waals surface area contributed by atoms with Gasteiger partial charge < -0.3 is 19.8 Å². The van der Waals surface area contributed by atoms with Crippen LogP contribution in [0.4, 0.5) is 4.79 Å². The minimum atomic E-state index is -1.04. The van der Waals surface area contributed by atoms with Crippen LogP contribution in [0.1, 0.15) is 31.7 Å². The maximum Gasteiger partial charge on any atom is 0.323 e. The first-order chi connectivity index (χ1) is 8.93. The molecule has 1 unspecified atom stereocenters. The molecule has 1 aromatic heterocycles. The van der Waals surface area contributed by atoms with Gasteiger partial charge in [-0.15, -0.1) is 0 Å². The van der Waals surface area contributed by atoms with E-state index in [0.717, 1.165) is 5.69 Å². The van der Waals surface area contributed by atoms with E-state index in [1.807, 2.05) is 6.92 Å². The highest BCUT2D eigenvalue weighted by molar-refractivity contribution is 5.80. The van der Waals surface area contributed by atoms with Crippen molar-refractivity contribution in [3.05, 3.63) is 17.5 Å². The number of hydrogen-bond donors (Lipinski definition) is 2. The van der Waals surface area contributed by atoms with Gasteiger partial charge in [0, 0.05) is 12.1 Å². The van der Waals surface area contributed by atoms with Gasteiger partial charge in [-0.05, 0) is 20.3 Å². The predicted octanol–water partition coefficient (Wildman–Crippen LogP) is 1.38. The molecule has 0 radical (unpaired) electrons. The summed E-state index contributed by atoms with van der Waals surface area (Å²) in [5.74, 6) is -0.503. The van der Waals surface area contributed by atoms with Crippen LogP contribution in [0.5, 0.6) is 0 Å². The average molecular weight is 269 g/mol. The van der Waals surface area contributed by atoms with E-state index in [2.05, 4.69) is 10.5 Å². The molecule has 0 bridgehead atoms. The number of nitrogens with zero attached hydrogens (tertiary/aromatic N) is 2. The van der Waals surface area contributed by atoms with Gasteiger partial charge in [0.25, 0.3) is 0 Å². The Morgan fingerprint density at radius 2 is 2.26 bits per heavy atom. The van der Waals surface area contributed by atoms with Crippen LogP contribution in [0.3, 0.4) is 0 Å². The smallest absolute Gasteiger partial charge is 0.323 e. The fourth-order valence-electron chi connectivity index (χ4n) is 1.56. The topological polar surface area (TPSA) is 95.7 Å². The maximum absolute atomic E-state index is 11.9. The van der Waals surface area contributed by atoms with Crippen molar-refractivity contribution >= 4 is 12.0 Å². The highest BCUT2D eigenvalue weighted by Crippen LogP contribution is 2.05. The molecule has 2 amide bonds. The number of aryl methyl sites for hydroxylation is 1. The van der Waals surface area contributed by atoms with Crippen molar-refractivity contribution in [1.29, 1.82) is 0 Å². The summed E-state index contributed by atoms with van der Waals surface area (Å²) in [7, 11) is 0. The highest BCUT2D eigenvalue weighted by Gasteiger charge is 2.21. The molecule has 0 aliphatic rings. The van der Waals surface area contributed by atoms with Crippen LogP contribution in [0.25, 0.3) is 0 Å². The third-order valence-electron chi connectivity index (χ3n) is 2.78. The van der Waals surface area contributed by atoms with Crippen molar-refractivity contribution < 1.29 is 19.2 Å². The summed E-state index contributed by atoms with van der Waals surface area (Å²) in [5, 5.41) is 15.1. The molecular formula is C12H19N3O4. The molecule has 1 atom stereocenters. The molecule has 0 aromatic carbocycles. The molecule has 106 valence electrons. The van der Waals surface area contributed by atoms with Crippen LogP contribution in [-0.2, 0) is 11.3 Å². The van der Waals surface area contributed by atoms with Gasteiger partial charge in [-0.3, -0.25) is 4.79 Å². The van der Waals surface area contributed by atoms with E-state index in [4.69, 9.17) is 9.63 Å². The Bertz CT molecular complexity index is 444. The fraction of sp³-hybridized carbons (Fsp3) is 0.583. The number of hydrogen-bond acceptors (Lipinski definition) is 4. The monoisotopic (exact) mass is 269 g/mol. The van der Waals surface area contributed by atoms with Crippen molar-refractivity contribution in [1.82, 2.24) is 15.4 Å². The first kappa shape index (κ1) is 15.0. The molecule has 7 heteroatoms. The molecule has 2 N–H and O–H groups in total. The highest BCUT2D eigenvalue weighted by atomic mass is 16.5. The number of carbonyl (C=O) groups excluding carboxylic acids is 1. The maximum atomic E-state index is 11.9. The molecule has 0 aliphatic heterocycles. The number of carboxylic acid groups (broad SMARTS) is 1. The van der Waals surface area contributed by atoms with Gasteiger partial charge in [-0.25, -0.2) is 4.79 Å². The van der Waals surface area contributed by atoms with Crippen LogP contribution in [0.2, 0.25) is 0 Å². The van der Waals surface area contributed by atoms with Crippen molar-refractivity contribution in [3.63, 3.8) is 0 Å². The lowest BCUT2D eigenvalue weighted by Crippen LogP contribution is -2.47. The van der Waals surface area contributed by atoms with Crippen molar-refractivity contribution in [3.8, 4) is 0 Å². The molecular weight excluding hydrogens is 250 g/mol. The third-order valence-corrected chi connectivity index (χ3v) is 2.78. The second kappa shape index (κ2) is 6.77. The van der Waals surface area contributed by atoms with E-state index in [9.17, 15) is 9.59 Å². The summed E-state index contributed by atoms with van der Waals surface area (Å²) in [6, 6.07) is 1.14. The second-order valence-corrected chi connectivity index (χ2v) is 4.37. The molecule has 1 aromatic rings. The molecule has 0 fully saturated rings. The van der Waals surface area contributed by atoms with Crippen LogP contribution in [0.15, 0.2) is 10.6 Å². The van der Waals surface area contributed by atoms with E-state index < -0.39 is 12.0 Å². The van der Waals surface area contributed by atoms with Crippen LogP contribution in [0, 0.1) is 6.92 Å².